The van der Waals surface area contributed by atoms with Crippen LogP contribution in [-0.4, -0.2) is 18.5 Å². The number of ether oxygens (including phenoxy) is 1. The molecule has 108 valence electrons. The van der Waals surface area contributed by atoms with Crippen molar-refractivity contribution in [2.75, 3.05) is 11.4 Å². The quantitative estimate of drug-likeness (QED) is 0.936. The lowest BCUT2D eigenvalue weighted by Crippen LogP contribution is -2.27. The SMILES string of the molecule is NC1CC(=O)N(c2cccc(OCc3ccccc3)c2)C1. The topological polar surface area (TPSA) is 55.6 Å². The Morgan fingerprint density at radius 1 is 1.14 bits per heavy atom. The highest BCUT2D eigenvalue weighted by atomic mass is 16.5. The van der Waals surface area contributed by atoms with Gasteiger partial charge in [-0.05, 0) is 17.7 Å². The van der Waals surface area contributed by atoms with Crippen LogP contribution in [0.15, 0.2) is 54.6 Å². The molecule has 1 aliphatic rings. The molecule has 21 heavy (non-hydrogen) atoms. The first kappa shape index (κ1) is 13.6. The molecule has 1 unspecified atom stereocenters. The van der Waals surface area contributed by atoms with E-state index in [0.717, 1.165) is 17.0 Å². The Morgan fingerprint density at radius 3 is 2.67 bits per heavy atom. The number of nitrogens with zero attached hydrogens (tertiary/aromatic N) is 1. The molecule has 3 rings (SSSR count). The van der Waals surface area contributed by atoms with Gasteiger partial charge in [0, 0.05) is 30.8 Å². The molecule has 1 fully saturated rings. The van der Waals surface area contributed by atoms with E-state index < -0.39 is 0 Å². The molecule has 1 aliphatic heterocycles. The molecule has 0 aliphatic carbocycles. The minimum atomic E-state index is -0.0774. The first-order valence-electron chi connectivity index (χ1n) is 7.05. The van der Waals surface area contributed by atoms with E-state index in [1.165, 1.54) is 0 Å². The number of carbonyl (C=O) groups is 1. The van der Waals surface area contributed by atoms with E-state index in [1.807, 2.05) is 54.6 Å². The maximum Gasteiger partial charge on any atom is 0.228 e. The maximum absolute atomic E-state index is 11.9. The summed E-state index contributed by atoms with van der Waals surface area (Å²) in [4.78, 5) is 13.6. The molecule has 1 atom stereocenters. The Balaban J connectivity index is 1.70. The summed E-state index contributed by atoms with van der Waals surface area (Å²) in [6, 6.07) is 17.5. The minimum absolute atomic E-state index is 0.0720. The largest absolute Gasteiger partial charge is 0.489 e. The molecule has 0 aromatic heterocycles. The van der Waals surface area contributed by atoms with Crippen molar-refractivity contribution in [1.82, 2.24) is 0 Å². The molecular formula is C17H18N2O2. The Hall–Kier alpha value is -2.33. The molecule has 1 heterocycles. The van der Waals surface area contributed by atoms with Crippen molar-refractivity contribution in [1.29, 1.82) is 0 Å². The summed E-state index contributed by atoms with van der Waals surface area (Å²) in [6.45, 7) is 1.08. The summed E-state index contributed by atoms with van der Waals surface area (Å²) < 4.78 is 5.79. The summed E-state index contributed by atoms with van der Waals surface area (Å²) in [5, 5.41) is 0. The lowest BCUT2D eigenvalue weighted by Gasteiger charge is -2.17. The van der Waals surface area contributed by atoms with Crippen LogP contribution in [0.2, 0.25) is 0 Å². The van der Waals surface area contributed by atoms with Crippen molar-refractivity contribution < 1.29 is 9.53 Å². The maximum atomic E-state index is 11.9. The molecule has 0 bridgehead atoms. The zero-order valence-corrected chi connectivity index (χ0v) is 11.7. The van der Waals surface area contributed by atoms with Crippen LogP contribution < -0.4 is 15.4 Å². The molecule has 4 heteroatoms. The van der Waals surface area contributed by atoms with E-state index in [4.69, 9.17) is 10.5 Å². The first-order chi connectivity index (χ1) is 10.2. The number of hydrogen-bond acceptors (Lipinski definition) is 3. The fourth-order valence-corrected chi connectivity index (χ4v) is 2.47. The summed E-state index contributed by atoms with van der Waals surface area (Å²) in [5.41, 5.74) is 7.79. The molecule has 4 nitrogen and oxygen atoms in total. The van der Waals surface area contributed by atoms with Gasteiger partial charge in [-0.15, -0.1) is 0 Å². The number of nitrogens with two attached hydrogens (primary N) is 1. The van der Waals surface area contributed by atoms with Crippen molar-refractivity contribution >= 4 is 11.6 Å². The summed E-state index contributed by atoms with van der Waals surface area (Å²) in [5.74, 6) is 0.826. The molecule has 1 amide bonds. The Morgan fingerprint density at radius 2 is 1.95 bits per heavy atom. The van der Waals surface area contributed by atoms with E-state index in [9.17, 15) is 4.79 Å². The van der Waals surface area contributed by atoms with Gasteiger partial charge in [0.15, 0.2) is 0 Å². The highest BCUT2D eigenvalue weighted by Gasteiger charge is 2.28. The third-order valence-corrected chi connectivity index (χ3v) is 3.53. The van der Waals surface area contributed by atoms with Crippen molar-refractivity contribution in [3.05, 3.63) is 60.2 Å². The minimum Gasteiger partial charge on any atom is -0.489 e. The molecule has 1 saturated heterocycles. The lowest BCUT2D eigenvalue weighted by molar-refractivity contribution is -0.117. The van der Waals surface area contributed by atoms with Gasteiger partial charge in [0.1, 0.15) is 12.4 Å². The normalized spacial score (nSPS) is 18.0. The molecule has 2 N–H and O–H groups in total. The van der Waals surface area contributed by atoms with E-state index in [-0.39, 0.29) is 11.9 Å². The standard InChI is InChI=1S/C17H18N2O2/c18-14-9-17(20)19(11-14)15-7-4-8-16(10-15)21-12-13-5-2-1-3-6-13/h1-8,10,14H,9,11-12,18H2. The highest BCUT2D eigenvalue weighted by molar-refractivity contribution is 5.96. The average molecular weight is 282 g/mol. The van der Waals surface area contributed by atoms with Gasteiger partial charge in [-0.2, -0.15) is 0 Å². The Bertz CT molecular complexity index is 628. The van der Waals surface area contributed by atoms with Crippen molar-refractivity contribution in [2.24, 2.45) is 5.73 Å². The number of amides is 1. The fraction of sp³-hybridized carbons (Fsp3) is 0.235. The van der Waals surface area contributed by atoms with Crippen LogP contribution in [0, 0.1) is 0 Å². The van der Waals surface area contributed by atoms with Crippen LogP contribution in [0.5, 0.6) is 5.75 Å². The summed E-state index contributed by atoms with van der Waals surface area (Å²) in [7, 11) is 0. The second-order valence-corrected chi connectivity index (χ2v) is 5.24. The van der Waals surface area contributed by atoms with Crippen LogP contribution in [0.25, 0.3) is 0 Å². The number of anilines is 1. The van der Waals surface area contributed by atoms with Crippen LogP contribution in [0.3, 0.4) is 0 Å². The van der Waals surface area contributed by atoms with Gasteiger partial charge in [0.05, 0.1) is 0 Å². The third kappa shape index (κ3) is 3.23. The van der Waals surface area contributed by atoms with Gasteiger partial charge in [-0.25, -0.2) is 0 Å². The zero-order valence-electron chi connectivity index (χ0n) is 11.7. The first-order valence-corrected chi connectivity index (χ1v) is 7.05. The van der Waals surface area contributed by atoms with Crippen LogP contribution in [-0.2, 0) is 11.4 Å². The van der Waals surface area contributed by atoms with Crippen LogP contribution >= 0.6 is 0 Å². The van der Waals surface area contributed by atoms with Gasteiger partial charge in [-0.1, -0.05) is 36.4 Å². The van der Waals surface area contributed by atoms with E-state index in [0.29, 0.717) is 19.6 Å². The lowest BCUT2D eigenvalue weighted by atomic mass is 10.2. The predicted molar refractivity (Wildman–Crippen MR) is 82.2 cm³/mol. The van der Waals surface area contributed by atoms with Crippen molar-refractivity contribution in [3.63, 3.8) is 0 Å². The van der Waals surface area contributed by atoms with E-state index in [2.05, 4.69) is 0 Å². The van der Waals surface area contributed by atoms with Gasteiger partial charge in [0.25, 0.3) is 0 Å². The summed E-state index contributed by atoms with van der Waals surface area (Å²) in [6.07, 6.45) is 0.412. The van der Waals surface area contributed by atoms with Crippen molar-refractivity contribution in [3.8, 4) is 5.75 Å². The molecule has 0 spiro atoms. The fourth-order valence-electron chi connectivity index (χ4n) is 2.47. The number of carbonyl (C=O) groups excluding carboxylic acids is 1. The van der Waals surface area contributed by atoms with Gasteiger partial charge >= 0.3 is 0 Å². The zero-order chi connectivity index (χ0) is 14.7. The molecule has 2 aromatic carbocycles. The molecule has 2 aromatic rings. The molecule has 0 saturated carbocycles. The number of hydrogen-bond donors (Lipinski definition) is 1. The number of benzene rings is 2. The van der Waals surface area contributed by atoms with Crippen LogP contribution in [0.4, 0.5) is 5.69 Å². The van der Waals surface area contributed by atoms with Gasteiger partial charge in [-0.3, -0.25) is 4.79 Å². The third-order valence-electron chi connectivity index (χ3n) is 3.53. The Kier molecular flexibility index (Phi) is 3.88. The van der Waals surface area contributed by atoms with E-state index >= 15 is 0 Å². The second-order valence-electron chi connectivity index (χ2n) is 5.24. The number of rotatable bonds is 4. The average Bonchev–Trinajstić information content (AvgIpc) is 2.85. The second kappa shape index (κ2) is 5.97. The van der Waals surface area contributed by atoms with E-state index in [1.54, 1.807) is 4.90 Å². The smallest absolute Gasteiger partial charge is 0.228 e. The molecular weight excluding hydrogens is 264 g/mol. The Labute approximate surface area is 124 Å². The molecule has 0 radical (unpaired) electrons. The van der Waals surface area contributed by atoms with Gasteiger partial charge < -0.3 is 15.4 Å². The van der Waals surface area contributed by atoms with Gasteiger partial charge in [0.2, 0.25) is 5.91 Å². The van der Waals surface area contributed by atoms with Crippen LogP contribution in [0.1, 0.15) is 12.0 Å². The predicted octanol–water partition coefficient (Wildman–Crippen LogP) is 2.33. The monoisotopic (exact) mass is 282 g/mol. The van der Waals surface area contributed by atoms with Crippen molar-refractivity contribution in [2.45, 2.75) is 19.1 Å². The summed E-state index contributed by atoms with van der Waals surface area (Å²) >= 11 is 0. The highest BCUT2D eigenvalue weighted by Crippen LogP contribution is 2.25.